The second-order valence-corrected chi connectivity index (χ2v) is 16.2. The molecule has 24 nitrogen and oxygen atoms in total. The molecule has 0 spiro atoms. The molecule has 2 heterocycles. The summed E-state index contributed by atoms with van der Waals surface area (Å²) >= 11 is 0. The van der Waals surface area contributed by atoms with E-state index in [9.17, 15) is 88.8 Å². The Morgan fingerprint density at radius 2 is 0.750 bits per heavy atom. The van der Waals surface area contributed by atoms with Crippen molar-refractivity contribution in [3.05, 3.63) is 35.4 Å². The van der Waals surface area contributed by atoms with Gasteiger partial charge in [-0.3, -0.25) is 48.6 Å². The van der Waals surface area contributed by atoms with E-state index in [-0.39, 0.29) is 102 Å². The number of nitrogens with zero attached hydrogens (tertiary/aromatic N) is 6. The summed E-state index contributed by atoms with van der Waals surface area (Å²) in [6.07, 6.45) is -0.654. The van der Waals surface area contributed by atoms with Gasteiger partial charge in [-0.15, -0.1) is 0 Å². The summed E-state index contributed by atoms with van der Waals surface area (Å²) in [5.41, 5.74) is -2.76. The lowest BCUT2D eigenvalue weighted by molar-refractivity contribution is -0.314. The minimum atomic E-state index is -1.67. The molecule has 2 saturated heterocycles. The maximum atomic E-state index is 13.4. The molecule has 0 saturated carbocycles. The standard InChI is InChI=1S/C40H56N6O18/c47-29(3-1-9-39(45(19-35(57)58)20-36(59)60)23-41(15-31(49)50)11-12-42(24-39)16-32(51)52)27-5-7-28(8-6-27)30(48)4-2-10-40(46(21-37(61)62)22-38(63)64)25-43(17-33(53)54)13-14-44(26-40)18-34(55)56/h5-8H,1-4,9-26H2,(H,49,50)(H,51,52)(H,53,54)(H,55,56)(H,57,58)(H,59,60)(H,61,62)(H,63,64)/p-6. The Hall–Kier alpha value is -5.92. The lowest BCUT2D eigenvalue weighted by Crippen LogP contribution is -2.64. The Bertz CT molecular complexity index is 1680. The fourth-order valence-electron chi connectivity index (χ4n) is 8.66. The molecule has 1 atom stereocenters. The maximum Gasteiger partial charge on any atom is 0.317 e. The van der Waals surface area contributed by atoms with E-state index >= 15 is 0 Å². The molecule has 1 aromatic rings. The fourth-order valence-corrected chi connectivity index (χ4v) is 8.66. The zero-order valence-corrected chi connectivity index (χ0v) is 35.0. The minimum absolute atomic E-state index is 0.00184. The van der Waals surface area contributed by atoms with Gasteiger partial charge in [0.2, 0.25) is 0 Å². The highest BCUT2D eigenvalue weighted by Gasteiger charge is 2.44. The number of rotatable bonds is 28. The minimum Gasteiger partial charge on any atom is -0.549 e. The molecule has 0 amide bonds. The summed E-state index contributed by atoms with van der Waals surface area (Å²) in [6.45, 7) is -7.03. The van der Waals surface area contributed by atoms with Crippen molar-refractivity contribution in [1.82, 2.24) is 29.4 Å². The van der Waals surface area contributed by atoms with Gasteiger partial charge >= 0.3 is 11.9 Å². The Kier molecular flexibility index (Phi) is 19.8. The number of carbonyl (C=O) groups is 10. The number of aliphatic carboxylic acids is 8. The van der Waals surface area contributed by atoms with Gasteiger partial charge in [-0.2, -0.15) is 0 Å². The van der Waals surface area contributed by atoms with E-state index in [0.717, 1.165) is 9.80 Å². The highest BCUT2D eigenvalue weighted by molar-refractivity contribution is 5.99. The van der Waals surface area contributed by atoms with Crippen LogP contribution in [0.25, 0.3) is 0 Å². The molecule has 2 N–H and O–H groups in total. The molecule has 24 heteroatoms. The van der Waals surface area contributed by atoms with Crippen LogP contribution in [0, 0.1) is 0 Å². The first kappa shape index (κ1) is 52.4. The first-order valence-electron chi connectivity index (χ1n) is 20.2. The van der Waals surface area contributed by atoms with Crippen LogP contribution in [0.15, 0.2) is 24.3 Å². The van der Waals surface area contributed by atoms with Crippen molar-refractivity contribution < 1.29 is 88.8 Å². The van der Waals surface area contributed by atoms with E-state index < -0.39 is 123 Å². The smallest absolute Gasteiger partial charge is 0.317 e. The molecule has 2 aliphatic heterocycles. The maximum absolute atomic E-state index is 13.4. The quantitative estimate of drug-likeness (QED) is 0.0737. The van der Waals surface area contributed by atoms with Crippen LogP contribution in [-0.4, -0.2) is 215 Å². The molecule has 1 unspecified atom stereocenters. The molecule has 2 aliphatic rings. The number of carboxylic acid groups (broad SMARTS) is 8. The van der Waals surface area contributed by atoms with Gasteiger partial charge in [0.25, 0.3) is 0 Å². The Labute approximate surface area is 366 Å². The van der Waals surface area contributed by atoms with Crippen LogP contribution in [0.5, 0.6) is 0 Å². The van der Waals surface area contributed by atoms with E-state index in [2.05, 4.69) is 0 Å². The monoisotopic (exact) mass is 902 g/mol. The second-order valence-electron chi connectivity index (χ2n) is 16.2. The summed E-state index contributed by atoms with van der Waals surface area (Å²) < 4.78 is 0. The summed E-state index contributed by atoms with van der Waals surface area (Å²) in [7, 11) is 0. The van der Waals surface area contributed by atoms with Crippen molar-refractivity contribution in [3.8, 4) is 0 Å². The number of ketones is 2. The summed E-state index contributed by atoms with van der Waals surface area (Å²) in [5, 5.41) is 89.4. The van der Waals surface area contributed by atoms with E-state index in [1.807, 2.05) is 0 Å². The Balaban J connectivity index is 1.82. The van der Waals surface area contributed by atoms with Gasteiger partial charge in [0.15, 0.2) is 11.6 Å². The summed E-state index contributed by atoms with van der Waals surface area (Å²) in [5.74, 6) is -13.1. The first-order valence-corrected chi connectivity index (χ1v) is 20.2. The van der Waals surface area contributed by atoms with E-state index in [1.54, 1.807) is 0 Å². The van der Waals surface area contributed by atoms with Crippen LogP contribution < -0.4 is 30.6 Å². The van der Waals surface area contributed by atoms with Gasteiger partial charge in [-0.25, -0.2) is 0 Å². The fraction of sp³-hybridized carbons (Fsp3) is 0.600. The van der Waals surface area contributed by atoms with Gasteiger partial charge in [0.1, 0.15) is 0 Å². The molecule has 2 fully saturated rings. The van der Waals surface area contributed by atoms with Crippen molar-refractivity contribution in [2.24, 2.45) is 0 Å². The number of carboxylic acids is 8. The number of carbonyl (C=O) groups excluding carboxylic acids is 8. The highest BCUT2D eigenvalue weighted by atomic mass is 16.4. The third-order valence-corrected chi connectivity index (χ3v) is 11.2. The molecular weight excluding hydrogens is 852 g/mol. The van der Waals surface area contributed by atoms with Gasteiger partial charge in [-0.1, -0.05) is 24.3 Å². The number of benzene rings is 1. The number of Topliss-reactive ketones (excluding diaryl/α,β-unsaturated/α-hetero) is 2. The Morgan fingerprint density at radius 1 is 0.453 bits per heavy atom. The van der Waals surface area contributed by atoms with Crippen LogP contribution in [0.1, 0.15) is 59.2 Å². The average molecular weight is 903 g/mol. The molecule has 3 rings (SSSR count). The van der Waals surface area contributed by atoms with Crippen LogP contribution in [-0.2, 0) is 38.4 Å². The molecule has 0 aliphatic carbocycles. The van der Waals surface area contributed by atoms with Crippen LogP contribution in [0.4, 0.5) is 0 Å². The molecular formula is C40H50N6O18-6. The molecule has 64 heavy (non-hydrogen) atoms. The van der Waals surface area contributed by atoms with E-state index in [4.69, 9.17) is 0 Å². The molecule has 1 aromatic carbocycles. The van der Waals surface area contributed by atoms with Crippen molar-refractivity contribution in [2.75, 3.05) is 105 Å². The third kappa shape index (κ3) is 17.0. The largest absolute Gasteiger partial charge is 0.549 e. The van der Waals surface area contributed by atoms with Crippen LogP contribution in [0.2, 0.25) is 0 Å². The van der Waals surface area contributed by atoms with Crippen LogP contribution in [0.3, 0.4) is 0 Å². The lowest BCUT2D eigenvalue weighted by Gasteiger charge is -2.47. The number of hydrogen-bond acceptors (Lipinski definition) is 22. The van der Waals surface area contributed by atoms with Crippen molar-refractivity contribution in [2.45, 2.75) is 49.6 Å². The highest BCUT2D eigenvalue weighted by Crippen LogP contribution is 2.30. The second kappa shape index (κ2) is 24.2. The van der Waals surface area contributed by atoms with Gasteiger partial charge < -0.3 is 69.6 Å². The van der Waals surface area contributed by atoms with E-state index in [0.29, 0.717) is 0 Å². The molecule has 354 valence electrons. The first-order chi connectivity index (χ1) is 30.0. The van der Waals surface area contributed by atoms with E-state index in [1.165, 1.54) is 43.9 Å². The molecule has 0 aromatic heterocycles. The third-order valence-electron chi connectivity index (χ3n) is 11.2. The molecule has 0 radical (unpaired) electrons. The normalized spacial score (nSPS) is 18.8. The van der Waals surface area contributed by atoms with Crippen molar-refractivity contribution >= 4 is 59.3 Å². The predicted octanol–water partition coefficient (Wildman–Crippen LogP) is -9.62. The number of hydrogen-bond donors (Lipinski definition) is 2. The van der Waals surface area contributed by atoms with Crippen molar-refractivity contribution in [1.29, 1.82) is 0 Å². The summed E-state index contributed by atoms with van der Waals surface area (Å²) in [6, 6.07) is 5.46. The SMILES string of the molecule is O=C([O-])CN1CCN(CC(=O)O)CC(CCCC(=O)c2ccc(C(=O)CCCC3(N(CC(=O)[O-])CC(=O)O)CN(CC(=O)[O-])CCN(CC(=O)[O-])C3)cc2)(N(CC(=O)[O-])CC(=O)[O-])C1. The zero-order valence-electron chi connectivity index (χ0n) is 35.0. The predicted molar refractivity (Wildman–Crippen MR) is 202 cm³/mol. The average Bonchev–Trinajstić information content (AvgIpc) is 3.44. The van der Waals surface area contributed by atoms with Crippen LogP contribution >= 0.6 is 0 Å². The topological polar surface area (TPSA) is 369 Å². The van der Waals surface area contributed by atoms with Gasteiger partial charge in [0.05, 0.1) is 48.9 Å². The Morgan fingerprint density at radius 3 is 1.02 bits per heavy atom. The summed E-state index contributed by atoms with van der Waals surface area (Å²) in [4.78, 5) is 128. The lowest BCUT2D eigenvalue weighted by atomic mass is 9.87. The van der Waals surface area contributed by atoms with Gasteiger partial charge in [0, 0.05) is 127 Å². The van der Waals surface area contributed by atoms with Crippen molar-refractivity contribution in [3.63, 3.8) is 0 Å². The van der Waals surface area contributed by atoms with Gasteiger partial charge in [-0.05, 0) is 25.7 Å². The zero-order chi connectivity index (χ0) is 47.8. The molecule has 0 bridgehead atoms.